The van der Waals surface area contributed by atoms with Crippen molar-refractivity contribution in [3.05, 3.63) is 40.0 Å². The third-order valence-corrected chi connectivity index (χ3v) is 5.15. The molecule has 0 aromatic carbocycles. The number of nitrogens with zero attached hydrogens (tertiary/aromatic N) is 3. The Kier molecular flexibility index (Phi) is 5.25. The molecule has 3 rings (SSSR count). The van der Waals surface area contributed by atoms with Gasteiger partial charge in [0.25, 0.3) is 0 Å². The van der Waals surface area contributed by atoms with Gasteiger partial charge in [-0.1, -0.05) is 0 Å². The van der Waals surface area contributed by atoms with Gasteiger partial charge in [0, 0.05) is 42.9 Å². The van der Waals surface area contributed by atoms with Crippen LogP contribution in [-0.2, 0) is 11.3 Å². The van der Waals surface area contributed by atoms with E-state index in [0.29, 0.717) is 6.04 Å². The highest BCUT2D eigenvalue weighted by atomic mass is 32.1. The molecule has 1 saturated heterocycles. The van der Waals surface area contributed by atoms with E-state index in [9.17, 15) is 0 Å². The molecule has 124 valence electrons. The fourth-order valence-electron chi connectivity index (χ4n) is 2.72. The lowest BCUT2D eigenvalue weighted by atomic mass is 10.2. The molecule has 1 fully saturated rings. The summed E-state index contributed by atoms with van der Waals surface area (Å²) in [5.74, 6) is 1.04. The van der Waals surface area contributed by atoms with Crippen LogP contribution in [0.4, 0.5) is 5.82 Å². The fraction of sp³-hybridized carbons (Fsp3) is 0.529. The predicted octanol–water partition coefficient (Wildman–Crippen LogP) is 2.92. The number of hydrogen-bond donors (Lipinski definition) is 1. The van der Waals surface area contributed by atoms with Gasteiger partial charge in [0.05, 0.1) is 17.7 Å². The standard InChI is InChI=1S/C17H24N4OS/c1-12-11-21(6-7-22-12)17-8-15(4-5-18-17)9-19-13(2)16-10-20-14(3)23-16/h4-5,8,10,12-13,19H,6-7,9,11H2,1-3H3. The van der Waals surface area contributed by atoms with Gasteiger partial charge in [-0.2, -0.15) is 0 Å². The van der Waals surface area contributed by atoms with E-state index >= 15 is 0 Å². The van der Waals surface area contributed by atoms with E-state index in [2.05, 4.69) is 46.2 Å². The number of pyridine rings is 1. The fourth-order valence-corrected chi connectivity index (χ4v) is 3.53. The summed E-state index contributed by atoms with van der Waals surface area (Å²) < 4.78 is 5.60. The third kappa shape index (κ3) is 4.28. The van der Waals surface area contributed by atoms with Crippen LogP contribution in [0.1, 0.15) is 35.3 Å². The molecular weight excluding hydrogens is 308 g/mol. The minimum absolute atomic E-state index is 0.266. The molecule has 0 amide bonds. The van der Waals surface area contributed by atoms with Gasteiger partial charge in [-0.3, -0.25) is 0 Å². The van der Waals surface area contributed by atoms with E-state index in [4.69, 9.17) is 4.74 Å². The van der Waals surface area contributed by atoms with Crippen molar-refractivity contribution in [3.8, 4) is 0 Å². The molecule has 3 heterocycles. The van der Waals surface area contributed by atoms with Gasteiger partial charge < -0.3 is 15.0 Å². The predicted molar refractivity (Wildman–Crippen MR) is 94.0 cm³/mol. The van der Waals surface area contributed by atoms with Crippen molar-refractivity contribution in [1.82, 2.24) is 15.3 Å². The lowest BCUT2D eigenvalue weighted by Gasteiger charge is -2.32. The second-order valence-corrected chi connectivity index (χ2v) is 7.30. The van der Waals surface area contributed by atoms with E-state index in [0.717, 1.165) is 37.1 Å². The molecule has 6 heteroatoms. The average Bonchev–Trinajstić information content (AvgIpc) is 2.99. The molecule has 0 spiro atoms. The third-order valence-electron chi connectivity index (χ3n) is 4.05. The van der Waals surface area contributed by atoms with Crippen LogP contribution >= 0.6 is 11.3 Å². The lowest BCUT2D eigenvalue weighted by molar-refractivity contribution is 0.0529. The van der Waals surface area contributed by atoms with Gasteiger partial charge in [-0.25, -0.2) is 9.97 Å². The smallest absolute Gasteiger partial charge is 0.128 e. The zero-order valence-corrected chi connectivity index (χ0v) is 14.8. The molecule has 5 nitrogen and oxygen atoms in total. The average molecular weight is 332 g/mol. The van der Waals surface area contributed by atoms with Crippen LogP contribution in [0.15, 0.2) is 24.5 Å². The highest BCUT2D eigenvalue weighted by Gasteiger charge is 2.18. The van der Waals surface area contributed by atoms with Crippen LogP contribution in [0.2, 0.25) is 0 Å². The maximum Gasteiger partial charge on any atom is 0.128 e. The molecule has 0 saturated carbocycles. The van der Waals surface area contributed by atoms with E-state index in [-0.39, 0.29) is 6.10 Å². The van der Waals surface area contributed by atoms with Crippen LogP contribution in [0.5, 0.6) is 0 Å². The Morgan fingerprint density at radius 1 is 1.48 bits per heavy atom. The second kappa shape index (κ2) is 7.38. The Bertz CT molecular complexity index is 645. The van der Waals surface area contributed by atoms with Gasteiger partial charge >= 0.3 is 0 Å². The van der Waals surface area contributed by atoms with Gasteiger partial charge in [-0.05, 0) is 38.5 Å². The molecule has 2 atom stereocenters. The molecular formula is C17H24N4OS. The number of ether oxygens (including phenoxy) is 1. The summed E-state index contributed by atoms with van der Waals surface area (Å²) in [5.41, 5.74) is 1.25. The highest BCUT2D eigenvalue weighted by molar-refractivity contribution is 7.11. The number of aromatic nitrogens is 2. The van der Waals surface area contributed by atoms with Crippen molar-refractivity contribution in [1.29, 1.82) is 0 Å². The summed E-state index contributed by atoms with van der Waals surface area (Å²) in [6, 6.07) is 4.56. The van der Waals surface area contributed by atoms with Gasteiger partial charge in [0.1, 0.15) is 5.82 Å². The van der Waals surface area contributed by atoms with Gasteiger partial charge in [-0.15, -0.1) is 11.3 Å². The molecule has 23 heavy (non-hydrogen) atoms. The number of thiazole rings is 1. The van der Waals surface area contributed by atoms with Gasteiger partial charge in [0.2, 0.25) is 0 Å². The number of aryl methyl sites for hydroxylation is 1. The van der Waals surface area contributed by atoms with E-state index in [1.807, 2.05) is 19.3 Å². The summed E-state index contributed by atoms with van der Waals surface area (Å²) in [7, 11) is 0. The molecule has 0 radical (unpaired) electrons. The van der Waals surface area contributed by atoms with E-state index in [1.54, 1.807) is 11.3 Å². The van der Waals surface area contributed by atoms with E-state index in [1.165, 1.54) is 10.4 Å². The summed E-state index contributed by atoms with van der Waals surface area (Å²) in [5, 5.41) is 4.68. The van der Waals surface area contributed by atoms with Crippen LogP contribution in [-0.4, -0.2) is 35.8 Å². The zero-order valence-electron chi connectivity index (χ0n) is 14.0. The molecule has 2 aromatic rings. The van der Waals surface area contributed by atoms with Crippen molar-refractivity contribution in [2.45, 2.75) is 39.5 Å². The van der Waals surface area contributed by atoms with Crippen LogP contribution in [0, 0.1) is 6.92 Å². The largest absolute Gasteiger partial charge is 0.375 e. The Labute approximate surface area is 141 Å². The first kappa shape index (κ1) is 16.4. The Morgan fingerprint density at radius 3 is 3.09 bits per heavy atom. The van der Waals surface area contributed by atoms with E-state index < -0.39 is 0 Å². The highest BCUT2D eigenvalue weighted by Crippen LogP contribution is 2.21. The maximum absolute atomic E-state index is 5.60. The Hall–Kier alpha value is -1.50. The number of nitrogens with one attached hydrogen (secondary N) is 1. The Morgan fingerprint density at radius 2 is 2.35 bits per heavy atom. The summed E-state index contributed by atoms with van der Waals surface area (Å²) in [6.07, 6.45) is 4.13. The van der Waals surface area contributed by atoms with Crippen LogP contribution in [0.25, 0.3) is 0 Å². The first-order valence-corrected chi connectivity index (χ1v) is 8.90. The van der Waals surface area contributed by atoms with Crippen LogP contribution < -0.4 is 10.2 Å². The number of rotatable bonds is 5. The van der Waals surface area contributed by atoms with Crippen molar-refractivity contribution in [2.24, 2.45) is 0 Å². The zero-order chi connectivity index (χ0) is 16.2. The summed E-state index contributed by atoms with van der Waals surface area (Å²) >= 11 is 1.75. The molecule has 1 aliphatic heterocycles. The minimum Gasteiger partial charge on any atom is -0.375 e. The molecule has 1 aliphatic rings. The SMILES string of the molecule is Cc1ncc(C(C)NCc2ccnc(N3CCOC(C)C3)c2)s1. The monoisotopic (exact) mass is 332 g/mol. The van der Waals surface area contributed by atoms with Crippen molar-refractivity contribution >= 4 is 17.2 Å². The first-order chi connectivity index (χ1) is 11.1. The van der Waals surface area contributed by atoms with Crippen molar-refractivity contribution in [2.75, 3.05) is 24.6 Å². The topological polar surface area (TPSA) is 50.3 Å². The molecule has 0 bridgehead atoms. The van der Waals surface area contributed by atoms with Crippen LogP contribution in [0.3, 0.4) is 0 Å². The lowest BCUT2D eigenvalue weighted by Crippen LogP contribution is -2.41. The Balaban J connectivity index is 1.61. The first-order valence-electron chi connectivity index (χ1n) is 8.09. The maximum atomic E-state index is 5.60. The molecule has 2 aromatic heterocycles. The van der Waals surface area contributed by atoms with Crippen molar-refractivity contribution in [3.63, 3.8) is 0 Å². The number of hydrogen-bond acceptors (Lipinski definition) is 6. The number of morpholine rings is 1. The van der Waals surface area contributed by atoms with Gasteiger partial charge in [0.15, 0.2) is 0 Å². The number of anilines is 1. The minimum atomic E-state index is 0.266. The molecule has 1 N–H and O–H groups in total. The summed E-state index contributed by atoms with van der Waals surface area (Å²) in [6.45, 7) is 9.74. The summed E-state index contributed by atoms with van der Waals surface area (Å²) in [4.78, 5) is 12.4. The van der Waals surface area contributed by atoms with Crippen molar-refractivity contribution < 1.29 is 4.74 Å². The molecule has 2 unspecified atom stereocenters. The quantitative estimate of drug-likeness (QED) is 0.912. The normalized spacial score (nSPS) is 19.8. The second-order valence-electron chi connectivity index (χ2n) is 6.03. The molecule has 0 aliphatic carbocycles.